The second-order valence-corrected chi connectivity index (χ2v) is 5.09. The van der Waals surface area contributed by atoms with Gasteiger partial charge < -0.3 is 5.73 Å². The molecule has 1 heterocycles. The molecule has 3 heteroatoms. The van der Waals surface area contributed by atoms with Gasteiger partial charge in [-0.25, -0.2) is 0 Å². The van der Waals surface area contributed by atoms with E-state index in [1.54, 1.807) is 6.20 Å². The van der Waals surface area contributed by atoms with Crippen LogP contribution in [0.3, 0.4) is 0 Å². The summed E-state index contributed by atoms with van der Waals surface area (Å²) in [6.07, 6.45) is 4.49. The van der Waals surface area contributed by atoms with Gasteiger partial charge in [-0.15, -0.1) is 0 Å². The van der Waals surface area contributed by atoms with E-state index in [0.717, 1.165) is 16.5 Å². The molecule has 0 amide bonds. The van der Waals surface area contributed by atoms with Crippen LogP contribution in [0.5, 0.6) is 0 Å². The van der Waals surface area contributed by atoms with Gasteiger partial charge >= 0.3 is 0 Å². The highest BCUT2D eigenvalue weighted by Crippen LogP contribution is 2.20. The van der Waals surface area contributed by atoms with Crippen LogP contribution in [-0.4, -0.2) is 4.98 Å². The van der Waals surface area contributed by atoms with E-state index in [9.17, 15) is 0 Å². The maximum atomic E-state index is 6.23. The van der Waals surface area contributed by atoms with Crippen molar-refractivity contribution in [3.8, 4) is 0 Å². The molecule has 2 nitrogen and oxygen atoms in total. The van der Waals surface area contributed by atoms with E-state index < -0.39 is 0 Å². The lowest BCUT2D eigenvalue weighted by atomic mass is 9.98. The van der Waals surface area contributed by atoms with Crippen molar-refractivity contribution in [1.29, 1.82) is 0 Å². The van der Waals surface area contributed by atoms with Crippen LogP contribution in [0.25, 0.3) is 0 Å². The molecule has 0 saturated heterocycles. The minimum absolute atomic E-state index is 0.0206. The minimum atomic E-state index is 0.0206. The number of nitrogens with two attached hydrogens (primary N) is 1. The molecule has 2 aromatic rings. The number of benzene rings is 1. The van der Waals surface area contributed by atoms with Crippen LogP contribution in [-0.2, 0) is 6.42 Å². The molecule has 2 N–H and O–H groups in total. The molecule has 1 atom stereocenters. The lowest BCUT2D eigenvalue weighted by Gasteiger charge is -2.14. The van der Waals surface area contributed by atoms with Crippen LogP contribution in [0.4, 0.5) is 0 Å². The zero-order chi connectivity index (χ0) is 12.3. The van der Waals surface area contributed by atoms with Gasteiger partial charge in [0.05, 0.1) is 0 Å². The summed E-state index contributed by atoms with van der Waals surface area (Å²) in [4.78, 5) is 4.09. The summed E-state index contributed by atoms with van der Waals surface area (Å²) in [5.41, 5.74) is 9.79. The third kappa shape index (κ3) is 3.14. The monoisotopic (exact) mass is 290 g/mol. The zero-order valence-electron chi connectivity index (χ0n) is 9.73. The first-order valence-electron chi connectivity index (χ1n) is 5.57. The zero-order valence-corrected chi connectivity index (χ0v) is 11.3. The summed E-state index contributed by atoms with van der Waals surface area (Å²) in [7, 11) is 0. The highest BCUT2D eigenvalue weighted by molar-refractivity contribution is 9.10. The lowest BCUT2D eigenvalue weighted by molar-refractivity contribution is 0.714. The van der Waals surface area contributed by atoms with Crippen molar-refractivity contribution in [3.63, 3.8) is 0 Å². The summed E-state index contributed by atoms with van der Waals surface area (Å²) >= 11 is 3.47. The van der Waals surface area contributed by atoms with Crippen molar-refractivity contribution in [1.82, 2.24) is 4.98 Å². The number of hydrogen-bond acceptors (Lipinski definition) is 2. The topological polar surface area (TPSA) is 38.9 Å². The van der Waals surface area contributed by atoms with E-state index in [0.29, 0.717) is 0 Å². The van der Waals surface area contributed by atoms with Gasteiger partial charge in [-0.05, 0) is 48.2 Å². The van der Waals surface area contributed by atoms with Crippen LogP contribution in [0, 0.1) is 6.92 Å². The lowest BCUT2D eigenvalue weighted by Crippen LogP contribution is -2.14. The van der Waals surface area contributed by atoms with Crippen molar-refractivity contribution in [2.75, 3.05) is 0 Å². The summed E-state index contributed by atoms with van der Waals surface area (Å²) in [6.45, 7) is 2.04. The molecule has 0 radical (unpaired) electrons. The van der Waals surface area contributed by atoms with E-state index in [4.69, 9.17) is 5.73 Å². The average molecular weight is 291 g/mol. The van der Waals surface area contributed by atoms with Gasteiger partial charge in [0, 0.05) is 22.9 Å². The Morgan fingerprint density at radius 2 is 2.18 bits per heavy atom. The number of nitrogens with zero attached hydrogens (tertiary/aromatic N) is 1. The van der Waals surface area contributed by atoms with Crippen molar-refractivity contribution >= 4 is 15.9 Å². The standard InChI is InChI=1S/C14H15BrN2/c1-10-9-17-6-5-13(10)14(16)8-11-3-2-4-12(15)7-11/h2-7,9,14H,8,16H2,1H3. The molecule has 17 heavy (non-hydrogen) atoms. The number of hydrogen-bond donors (Lipinski definition) is 1. The van der Waals surface area contributed by atoms with Gasteiger partial charge in [0.1, 0.15) is 0 Å². The van der Waals surface area contributed by atoms with Crippen LogP contribution >= 0.6 is 15.9 Å². The Morgan fingerprint density at radius 3 is 2.88 bits per heavy atom. The van der Waals surface area contributed by atoms with Crippen molar-refractivity contribution in [3.05, 3.63) is 63.9 Å². The molecular weight excluding hydrogens is 276 g/mol. The predicted octanol–water partition coefficient (Wildman–Crippen LogP) is 3.40. The van der Waals surface area contributed by atoms with Crippen LogP contribution < -0.4 is 5.73 Å². The number of rotatable bonds is 3. The molecular formula is C14H15BrN2. The molecule has 1 aromatic heterocycles. The number of pyridine rings is 1. The Kier molecular flexibility index (Phi) is 3.92. The molecule has 0 fully saturated rings. The van der Waals surface area contributed by atoms with E-state index in [1.165, 1.54) is 11.1 Å². The molecule has 1 aromatic carbocycles. The van der Waals surface area contributed by atoms with E-state index in [1.807, 2.05) is 31.3 Å². The average Bonchev–Trinajstić information content (AvgIpc) is 2.29. The molecule has 0 aliphatic heterocycles. The molecule has 88 valence electrons. The van der Waals surface area contributed by atoms with Crippen molar-refractivity contribution in [2.45, 2.75) is 19.4 Å². The van der Waals surface area contributed by atoms with Gasteiger partial charge in [-0.1, -0.05) is 28.1 Å². The van der Waals surface area contributed by atoms with E-state index in [-0.39, 0.29) is 6.04 Å². The maximum absolute atomic E-state index is 6.23. The summed E-state index contributed by atoms with van der Waals surface area (Å²) in [6, 6.07) is 10.3. The van der Waals surface area contributed by atoms with Crippen molar-refractivity contribution in [2.24, 2.45) is 5.73 Å². The van der Waals surface area contributed by atoms with Gasteiger partial charge in [-0.3, -0.25) is 4.98 Å². The minimum Gasteiger partial charge on any atom is -0.324 e. The molecule has 0 spiro atoms. The Bertz CT molecular complexity index is 511. The predicted molar refractivity (Wildman–Crippen MR) is 73.7 cm³/mol. The molecule has 2 rings (SSSR count). The third-order valence-electron chi connectivity index (χ3n) is 2.81. The first kappa shape index (κ1) is 12.3. The first-order valence-corrected chi connectivity index (χ1v) is 6.36. The molecule has 0 bridgehead atoms. The highest BCUT2D eigenvalue weighted by Gasteiger charge is 2.09. The summed E-state index contributed by atoms with van der Waals surface area (Å²) < 4.78 is 1.09. The first-order chi connectivity index (χ1) is 8.16. The summed E-state index contributed by atoms with van der Waals surface area (Å²) in [5, 5.41) is 0. The second-order valence-electron chi connectivity index (χ2n) is 4.17. The van der Waals surface area contributed by atoms with Crippen molar-refractivity contribution < 1.29 is 0 Å². The fourth-order valence-corrected chi connectivity index (χ4v) is 2.37. The largest absolute Gasteiger partial charge is 0.324 e. The van der Waals surface area contributed by atoms with E-state index >= 15 is 0 Å². The molecule has 0 aliphatic carbocycles. The second kappa shape index (κ2) is 5.43. The Morgan fingerprint density at radius 1 is 1.35 bits per heavy atom. The van der Waals surface area contributed by atoms with Crippen LogP contribution in [0.1, 0.15) is 22.7 Å². The number of aryl methyl sites for hydroxylation is 1. The Hall–Kier alpha value is -1.19. The molecule has 0 saturated carbocycles. The summed E-state index contributed by atoms with van der Waals surface area (Å²) in [5.74, 6) is 0. The van der Waals surface area contributed by atoms with Crippen LogP contribution in [0.15, 0.2) is 47.2 Å². The molecule has 1 unspecified atom stereocenters. The fraction of sp³-hybridized carbons (Fsp3) is 0.214. The van der Waals surface area contributed by atoms with E-state index in [2.05, 4.69) is 33.0 Å². The Balaban J connectivity index is 2.17. The third-order valence-corrected chi connectivity index (χ3v) is 3.30. The number of aromatic nitrogens is 1. The maximum Gasteiger partial charge on any atom is 0.0339 e. The smallest absolute Gasteiger partial charge is 0.0339 e. The van der Waals surface area contributed by atoms with Gasteiger partial charge in [0.15, 0.2) is 0 Å². The quantitative estimate of drug-likeness (QED) is 0.941. The fourth-order valence-electron chi connectivity index (χ4n) is 1.93. The highest BCUT2D eigenvalue weighted by atomic mass is 79.9. The normalized spacial score (nSPS) is 12.4. The SMILES string of the molecule is Cc1cnccc1C(N)Cc1cccc(Br)c1. The number of halogens is 1. The van der Waals surface area contributed by atoms with Crippen LogP contribution in [0.2, 0.25) is 0 Å². The van der Waals surface area contributed by atoms with Gasteiger partial charge in [-0.2, -0.15) is 0 Å². The molecule has 0 aliphatic rings. The van der Waals surface area contributed by atoms with Gasteiger partial charge in [0.25, 0.3) is 0 Å². The Labute approximate surface area is 110 Å². The van der Waals surface area contributed by atoms with Gasteiger partial charge in [0.2, 0.25) is 0 Å².